The van der Waals surface area contributed by atoms with E-state index >= 15 is 0 Å². The van der Waals surface area contributed by atoms with Crippen molar-refractivity contribution in [1.29, 1.82) is 0 Å². The maximum atomic E-state index is 13.8. The largest absolute Gasteiger partial charge is 0.427 e. The molecular formula is C23H19FN2O4. The third-order valence-electron chi connectivity index (χ3n) is 4.18. The third kappa shape index (κ3) is 5.29. The van der Waals surface area contributed by atoms with Crippen molar-refractivity contribution < 1.29 is 23.5 Å². The lowest BCUT2D eigenvalue weighted by molar-refractivity contribution is -0.131. The molecule has 30 heavy (non-hydrogen) atoms. The summed E-state index contributed by atoms with van der Waals surface area (Å²) in [5.41, 5.74) is 1.35. The van der Waals surface area contributed by atoms with Crippen LogP contribution in [0.25, 0.3) is 0 Å². The monoisotopic (exact) mass is 406 g/mol. The Bertz CT molecular complexity index is 1100. The normalized spacial score (nSPS) is 10.2. The molecule has 7 heteroatoms. The zero-order valence-corrected chi connectivity index (χ0v) is 16.1. The van der Waals surface area contributed by atoms with Gasteiger partial charge in [-0.1, -0.05) is 36.4 Å². The molecule has 0 aromatic heterocycles. The minimum atomic E-state index is -0.617. The summed E-state index contributed by atoms with van der Waals surface area (Å²) < 4.78 is 18.8. The number of carbonyl (C=O) groups excluding carboxylic acids is 3. The van der Waals surface area contributed by atoms with Gasteiger partial charge in [-0.05, 0) is 42.0 Å². The molecule has 6 nitrogen and oxygen atoms in total. The van der Waals surface area contributed by atoms with Gasteiger partial charge in [0.25, 0.3) is 11.8 Å². The highest BCUT2D eigenvalue weighted by Gasteiger charge is 2.14. The topological polar surface area (TPSA) is 84.5 Å². The van der Waals surface area contributed by atoms with Crippen LogP contribution in [0.15, 0.2) is 72.8 Å². The van der Waals surface area contributed by atoms with E-state index in [1.165, 1.54) is 31.2 Å². The van der Waals surface area contributed by atoms with Crippen molar-refractivity contribution in [2.75, 3.05) is 5.32 Å². The second-order valence-corrected chi connectivity index (χ2v) is 6.40. The molecular weight excluding hydrogens is 387 g/mol. The number of rotatable bonds is 6. The molecule has 3 rings (SSSR count). The molecule has 0 aliphatic rings. The molecule has 0 heterocycles. The van der Waals surface area contributed by atoms with Crippen LogP contribution in [-0.2, 0) is 11.3 Å². The van der Waals surface area contributed by atoms with Gasteiger partial charge in [-0.2, -0.15) is 0 Å². The average molecular weight is 406 g/mol. The third-order valence-corrected chi connectivity index (χ3v) is 4.18. The number of anilines is 1. The fourth-order valence-corrected chi connectivity index (χ4v) is 2.78. The number of benzene rings is 3. The number of esters is 1. The number of nitrogens with one attached hydrogen (secondary N) is 2. The molecule has 152 valence electrons. The standard InChI is InChI=1S/C23H19FN2O4/c1-15(27)30-18-9-6-8-16(13-18)22(28)25-14-17-7-2-5-12-21(17)26-23(29)19-10-3-4-11-20(19)24/h2-13H,14H2,1H3,(H,25,28)(H,26,29). The Morgan fingerprint density at radius 1 is 0.900 bits per heavy atom. The Balaban J connectivity index is 1.69. The summed E-state index contributed by atoms with van der Waals surface area (Å²) >= 11 is 0. The highest BCUT2D eigenvalue weighted by Crippen LogP contribution is 2.18. The Morgan fingerprint density at radius 2 is 1.63 bits per heavy atom. The van der Waals surface area contributed by atoms with Crippen LogP contribution < -0.4 is 15.4 Å². The number of hydrogen-bond acceptors (Lipinski definition) is 4. The molecule has 0 atom stereocenters. The second kappa shape index (κ2) is 9.47. The first kappa shape index (κ1) is 20.7. The molecule has 0 radical (unpaired) electrons. The Labute approximate surface area is 172 Å². The minimum Gasteiger partial charge on any atom is -0.427 e. The predicted octanol–water partition coefficient (Wildman–Crippen LogP) is 3.93. The lowest BCUT2D eigenvalue weighted by Gasteiger charge is -2.13. The number of hydrogen-bond donors (Lipinski definition) is 2. The number of carbonyl (C=O) groups is 3. The van der Waals surface area contributed by atoms with Crippen LogP contribution >= 0.6 is 0 Å². The Hall–Kier alpha value is -4.00. The van der Waals surface area contributed by atoms with E-state index in [0.29, 0.717) is 16.8 Å². The van der Waals surface area contributed by atoms with E-state index in [0.717, 1.165) is 0 Å². The lowest BCUT2D eigenvalue weighted by atomic mass is 10.1. The summed E-state index contributed by atoms with van der Waals surface area (Å²) in [5.74, 6) is -1.78. The second-order valence-electron chi connectivity index (χ2n) is 6.40. The first-order valence-electron chi connectivity index (χ1n) is 9.14. The van der Waals surface area contributed by atoms with Crippen LogP contribution in [0.1, 0.15) is 33.2 Å². The summed E-state index contributed by atoms with van der Waals surface area (Å²) in [5, 5.41) is 5.43. The van der Waals surface area contributed by atoms with E-state index in [2.05, 4.69) is 10.6 Å². The molecule has 0 saturated carbocycles. The van der Waals surface area contributed by atoms with Crippen LogP contribution in [0.3, 0.4) is 0 Å². The van der Waals surface area contributed by atoms with Crippen molar-refractivity contribution in [2.45, 2.75) is 13.5 Å². The molecule has 2 N–H and O–H groups in total. The number of halogens is 1. The minimum absolute atomic E-state index is 0.0707. The maximum absolute atomic E-state index is 13.8. The van der Waals surface area contributed by atoms with Crippen molar-refractivity contribution in [3.05, 3.63) is 95.3 Å². The van der Waals surface area contributed by atoms with Gasteiger partial charge in [0.1, 0.15) is 11.6 Å². The quantitative estimate of drug-likeness (QED) is 0.480. The Morgan fingerprint density at radius 3 is 2.40 bits per heavy atom. The smallest absolute Gasteiger partial charge is 0.308 e. The van der Waals surface area contributed by atoms with E-state index in [1.54, 1.807) is 48.5 Å². The van der Waals surface area contributed by atoms with E-state index in [1.807, 2.05) is 0 Å². The van der Waals surface area contributed by atoms with E-state index in [9.17, 15) is 18.8 Å². The molecule has 2 amide bonds. The highest BCUT2D eigenvalue weighted by atomic mass is 19.1. The fourth-order valence-electron chi connectivity index (χ4n) is 2.78. The van der Waals surface area contributed by atoms with Crippen LogP contribution in [0.5, 0.6) is 5.75 Å². The van der Waals surface area contributed by atoms with Crippen molar-refractivity contribution in [3.8, 4) is 5.75 Å². The zero-order chi connectivity index (χ0) is 21.5. The molecule has 0 spiro atoms. The van der Waals surface area contributed by atoms with E-state index in [-0.39, 0.29) is 23.8 Å². The van der Waals surface area contributed by atoms with Gasteiger partial charge in [-0.3, -0.25) is 14.4 Å². The molecule has 3 aromatic rings. The van der Waals surface area contributed by atoms with Crippen LogP contribution in [0.4, 0.5) is 10.1 Å². The van der Waals surface area contributed by atoms with Gasteiger partial charge < -0.3 is 15.4 Å². The van der Waals surface area contributed by atoms with Gasteiger partial charge in [0.15, 0.2) is 0 Å². The molecule has 0 unspecified atom stereocenters. The number of para-hydroxylation sites is 1. The molecule has 0 aliphatic carbocycles. The van der Waals surface area contributed by atoms with E-state index in [4.69, 9.17) is 4.74 Å². The highest BCUT2D eigenvalue weighted by molar-refractivity contribution is 6.04. The van der Waals surface area contributed by atoms with Crippen LogP contribution in [0, 0.1) is 5.82 Å². The van der Waals surface area contributed by atoms with Gasteiger partial charge in [0, 0.05) is 24.7 Å². The summed E-state index contributed by atoms with van der Waals surface area (Å²) in [4.78, 5) is 35.9. The van der Waals surface area contributed by atoms with Crippen molar-refractivity contribution in [3.63, 3.8) is 0 Å². The van der Waals surface area contributed by atoms with Crippen molar-refractivity contribution in [2.24, 2.45) is 0 Å². The predicted molar refractivity (Wildman–Crippen MR) is 110 cm³/mol. The zero-order valence-electron chi connectivity index (χ0n) is 16.1. The summed E-state index contributed by atoms with van der Waals surface area (Å²) in [6.07, 6.45) is 0. The van der Waals surface area contributed by atoms with Crippen molar-refractivity contribution >= 4 is 23.5 Å². The van der Waals surface area contributed by atoms with Gasteiger partial charge in [-0.25, -0.2) is 4.39 Å². The molecule has 0 bridgehead atoms. The van der Waals surface area contributed by atoms with Gasteiger partial charge in [0.05, 0.1) is 5.56 Å². The molecule has 3 aromatic carbocycles. The Kier molecular flexibility index (Phi) is 6.54. The number of ether oxygens (including phenoxy) is 1. The van der Waals surface area contributed by atoms with Crippen LogP contribution in [-0.4, -0.2) is 17.8 Å². The van der Waals surface area contributed by atoms with Crippen molar-refractivity contribution in [1.82, 2.24) is 5.32 Å². The lowest BCUT2D eigenvalue weighted by Crippen LogP contribution is -2.24. The first-order valence-corrected chi connectivity index (χ1v) is 9.14. The van der Waals surface area contributed by atoms with Gasteiger partial charge >= 0.3 is 5.97 Å². The maximum Gasteiger partial charge on any atom is 0.308 e. The van der Waals surface area contributed by atoms with Gasteiger partial charge in [-0.15, -0.1) is 0 Å². The summed E-state index contributed by atoms with van der Waals surface area (Å²) in [6, 6.07) is 18.8. The molecule has 0 saturated heterocycles. The molecule has 0 fully saturated rings. The van der Waals surface area contributed by atoms with Crippen LogP contribution in [0.2, 0.25) is 0 Å². The SMILES string of the molecule is CC(=O)Oc1cccc(C(=O)NCc2ccccc2NC(=O)c2ccccc2F)c1. The number of amides is 2. The van der Waals surface area contributed by atoms with E-state index < -0.39 is 17.7 Å². The summed E-state index contributed by atoms with van der Waals surface area (Å²) in [6.45, 7) is 1.41. The molecule has 0 aliphatic heterocycles. The fraction of sp³-hybridized carbons (Fsp3) is 0.0870. The van der Waals surface area contributed by atoms with Gasteiger partial charge in [0.2, 0.25) is 0 Å². The first-order chi connectivity index (χ1) is 14.4. The average Bonchev–Trinajstić information content (AvgIpc) is 2.73. The summed E-state index contributed by atoms with van der Waals surface area (Å²) in [7, 11) is 0.